The lowest BCUT2D eigenvalue weighted by atomic mass is 9.97. The van der Waals surface area contributed by atoms with Gasteiger partial charge >= 0.3 is 5.69 Å². The van der Waals surface area contributed by atoms with Gasteiger partial charge in [0.15, 0.2) is 0 Å². The molecule has 6 rings (SSSR count). The van der Waals surface area contributed by atoms with Gasteiger partial charge in [0.2, 0.25) is 0 Å². The average Bonchev–Trinajstić information content (AvgIpc) is 3.61. The standard InChI is InChI=1S/C32H33FN4O4/c1-18(38)15-20-7-6-10-24(16-20)36-28-19(2)30(39)35(3)29(27(28)31(40)37(32(36)41)23-12-13-23)34-26-14-11-22(17-25(26)33)21-8-4-5-9-21/h6-7,10-11,14,16-17,21,23,34H,4-5,8-9,12-13,15H2,1-3H3. The van der Waals surface area contributed by atoms with E-state index >= 15 is 4.39 Å². The fourth-order valence-electron chi connectivity index (χ4n) is 6.22. The van der Waals surface area contributed by atoms with E-state index in [1.54, 1.807) is 37.3 Å². The minimum Gasteiger partial charge on any atom is -0.338 e. The van der Waals surface area contributed by atoms with Gasteiger partial charge < -0.3 is 5.32 Å². The van der Waals surface area contributed by atoms with Crippen LogP contribution in [0.5, 0.6) is 0 Å². The molecule has 2 aliphatic carbocycles. The number of carbonyl (C=O) groups is 1. The van der Waals surface area contributed by atoms with Crippen LogP contribution in [-0.2, 0) is 18.3 Å². The Kier molecular flexibility index (Phi) is 6.76. The van der Waals surface area contributed by atoms with Crippen LogP contribution >= 0.6 is 0 Å². The zero-order valence-corrected chi connectivity index (χ0v) is 23.5. The van der Waals surface area contributed by atoms with Gasteiger partial charge in [0.25, 0.3) is 11.1 Å². The number of aryl methyl sites for hydroxylation is 1. The van der Waals surface area contributed by atoms with E-state index in [4.69, 9.17) is 0 Å². The van der Waals surface area contributed by atoms with Crippen LogP contribution in [0.3, 0.4) is 0 Å². The summed E-state index contributed by atoms with van der Waals surface area (Å²) in [7, 11) is 1.53. The first-order valence-corrected chi connectivity index (χ1v) is 14.2. The second-order valence-electron chi connectivity index (χ2n) is 11.5. The Morgan fingerprint density at radius 1 is 1.00 bits per heavy atom. The molecule has 0 unspecified atom stereocenters. The first kappa shape index (κ1) is 26.9. The first-order valence-electron chi connectivity index (χ1n) is 14.2. The molecular weight excluding hydrogens is 523 g/mol. The van der Waals surface area contributed by atoms with E-state index in [1.165, 1.54) is 33.7 Å². The fourth-order valence-corrected chi connectivity index (χ4v) is 6.22. The first-order chi connectivity index (χ1) is 19.7. The minimum absolute atomic E-state index is 0.0279. The van der Waals surface area contributed by atoms with E-state index in [0.717, 1.165) is 31.2 Å². The monoisotopic (exact) mass is 556 g/mol. The summed E-state index contributed by atoms with van der Waals surface area (Å²) in [4.78, 5) is 53.3. The SMILES string of the molecule is CC(=O)Cc1cccc(-n2c(=O)n(C3CC3)c(=O)c3c(Nc4ccc(C5CCCC5)cc4F)n(C)c(=O)c(C)c32)c1. The van der Waals surface area contributed by atoms with Crippen LogP contribution in [0.25, 0.3) is 16.6 Å². The number of aromatic nitrogens is 3. The predicted octanol–water partition coefficient (Wildman–Crippen LogP) is 5.17. The highest BCUT2D eigenvalue weighted by molar-refractivity contribution is 5.93. The van der Waals surface area contributed by atoms with Crippen molar-refractivity contribution in [2.45, 2.75) is 70.8 Å². The smallest absolute Gasteiger partial charge is 0.336 e. The molecule has 0 aliphatic heterocycles. The number of pyridine rings is 1. The third-order valence-corrected chi connectivity index (χ3v) is 8.45. The van der Waals surface area contributed by atoms with Crippen LogP contribution < -0.4 is 22.1 Å². The number of anilines is 2. The van der Waals surface area contributed by atoms with Crippen molar-refractivity contribution >= 4 is 28.2 Å². The maximum Gasteiger partial charge on any atom is 0.336 e. The third kappa shape index (κ3) is 4.73. The third-order valence-electron chi connectivity index (χ3n) is 8.45. The maximum atomic E-state index is 15.5. The Morgan fingerprint density at radius 2 is 1.73 bits per heavy atom. The Balaban J connectivity index is 1.61. The lowest BCUT2D eigenvalue weighted by molar-refractivity contribution is -0.116. The molecule has 0 bridgehead atoms. The number of nitrogens with one attached hydrogen (secondary N) is 1. The molecule has 2 aromatic heterocycles. The molecule has 2 heterocycles. The van der Waals surface area contributed by atoms with Crippen molar-refractivity contribution in [2.75, 3.05) is 5.32 Å². The van der Waals surface area contributed by atoms with Crippen molar-refractivity contribution in [1.82, 2.24) is 13.7 Å². The summed E-state index contributed by atoms with van der Waals surface area (Å²) in [5, 5.41) is 3.18. The maximum absolute atomic E-state index is 15.5. The number of halogens is 1. The number of rotatable bonds is 7. The van der Waals surface area contributed by atoms with Crippen molar-refractivity contribution in [2.24, 2.45) is 7.05 Å². The topological polar surface area (TPSA) is 95.1 Å². The van der Waals surface area contributed by atoms with E-state index in [1.807, 2.05) is 6.07 Å². The molecule has 0 atom stereocenters. The number of hydrogen-bond acceptors (Lipinski definition) is 5. The van der Waals surface area contributed by atoms with Gasteiger partial charge in [0.05, 0.1) is 16.9 Å². The van der Waals surface area contributed by atoms with Crippen LogP contribution in [0.1, 0.15) is 74.1 Å². The highest BCUT2D eigenvalue weighted by Gasteiger charge is 2.32. The van der Waals surface area contributed by atoms with Gasteiger partial charge in [-0.3, -0.25) is 28.1 Å². The average molecular weight is 557 g/mol. The molecule has 2 fully saturated rings. The number of carbonyl (C=O) groups excluding carboxylic acids is 1. The number of nitrogens with zero attached hydrogens (tertiary/aromatic N) is 3. The zero-order valence-electron chi connectivity index (χ0n) is 23.5. The van der Waals surface area contributed by atoms with Gasteiger partial charge in [-0.15, -0.1) is 0 Å². The van der Waals surface area contributed by atoms with Crippen molar-refractivity contribution < 1.29 is 9.18 Å². The largest absolute Gasteiger partial charge is 0.338 e. The highest BCUT2D eigenvalue weighted by atomic mass is 19.1. The molecule has 2 aliphatic rings. The molecule has 41 heavy (non-hydrogen) atoms. The van der Waals surface area contributed by atoms with Crippen LogP contribution in [0.4, 0.5) is 15.9 Å². The summed E-state index contributed by atoms with van der Waals surface area (Å²) in [6, 6.07) is 11.8. The van der Waals surface area contributed by atoms with E-state index < -0.39 is 22.6 Å². The van der Waals surface area contributed by atoms with Gasteiger partial charge in [-0.1, -0.05) is 31.0 Å². The second kappa shape index (κ2) is 10.3. The summed E-state index contributed by atoms with van der Waals surface area (Å²) in [6.45, 7) is 3.08. The van der Waals surface area contributed by atoms with E-state index in [-0.39, 0.29) is 46.2 Å². The van der Waals surface area contributed by atoms with Gasteiger partial charge in [0, 0.05) is 25.1 Å². The molecule has 0 spiro atoms. The zero-order chi connectivity index (χ0) is 29.0. The Morgan fingerprint density at radius 3 is 2.39 bits per heavy atom. The molecule has 2 aromatic carbocycles. The summed E-state index contributed by atoms with van der Waals surface area (Å²) >= 11 is 0. The van der Waals surface area contributed by atoms with Crippen LogP contribution in [0, 0.1) is 12.7 Å². The van der Waals surface area contributed by atoms with Crippen LogP contribution in [-0.4, -0.2) is 19.5 Å². The highest BCUT2D eigenvalue weighted by Crippen LogP contribution is 2.37. The minimum atomic E-state index is -0.542. The van der Waals surface area contributed by atoms with Gasteiger partial charge in [-0.05, 0) is 80.8 Å². The Bertz CT molecular complexity index is 1890. The molecule has 0 radical (unpaired) electrons. The molecule has 0 amide bonds. The van der Waals surface area contributed by atoms with Crippen molar-refractivity contribution in [1.29, 1.82) is 0 Å². The molecule has 2 saturated carbocycles. The van der Waals surface area contributed by atoms with Gasteiger partial charge in [-0.2, -0.15) is 0 Å². The molecular formula is C32H33FN4O4. The van der Waals surface area contributed by atoms with Gasteiger partial charge in [-0.25, -0.2) is 9.18 Å². The summed E-state index contributed by atoms with van der Waals surface area (Å²) in [6.07, 6.45) is 5.91. The summed E-state index contributed by atoms with van der Waals surface area (Å²) in [5.74, 6) is -0.0404. The number of fused-ring (bicyclic) bond motifs is 1. The lowest BCUT2D eigenvalue weighted by Gasteiger charge is -2.21. The van der Waals surface area contributed by atoms with Gasteiger partial charge in [0.1, 0.15) is 22.8 Å². The molecule has 4 aromatic rings. The van der Waals surface area contributed by atoms with Crippen molar-refractivity contribution in [3.8, 4) is 5.69 Å². The van der Waals surface area contributed by atoms with E-state index in [0.29, 0.717) is 30.0 Å². The predicted molar refractivity (Wildman–Crippen MR) is 157 cm³/mol. The summed E-state index contributed by atoms with van der Waals surface area (Å²) in [5.41, 5.74) is 1.16. The number of ketones is 1. The number of Topliss-reactive ketones (excluding diaryl/α,β-unsaturated/α-hetero) is 1. The Hall–Kier alpha value is -4.27. The molecule has 9 heteroatoms. The quantitative estimate of drug-likeness (QED) is 0.339. The fraction of sp³-hybridized carbons (Fsp3) is 0.375. The van der Waals surface area contributed by atoms with Crippen LogP contribution in [0.2, 0.25) is 0 Å². The van der Waals surface area contributed by atoms with E-state index in [9.17, 15) is 19.2 Å². The van der Waals surface area contributed by atoms with Crippen molar-refractivity contribution in [3.63, 3.8) is 0 Å². The lowest BCUT2D eigenvalue weighted by Crippen LogP contribution is -2.41. The molecule has 212 valence electrons. The van der Waals surface area contributed by atoms with E-state index in [2.05, 4.69) is 5.32 Å². The normalized spacial score (nSPS) is 15.5. The Labute approximate surface area is 236 Å². The molecule has 1 N–H and O–H groups in total. The van der Waals surface area contributed by atoms with Crippen LogP contribution in [0.15, 0.2) is 56.8 Å². The number of hydrogen-bond donors (Lipinski definition) is 1. The molecule has 0 saturated heterocycles. The van der Waals surface area contributed by atoms with Crippen molar-refractivity contribution in [3.05, 3.63) is 96.2 Å². The number of benzene rings is 2. The second-order valence-corrected chi connectivity index (χ2v) is 11.5. The molecule has 8 nitrogen and oxygen atoms in total. The summed E-state index contributed by atoms with van der Waals surface area (Å²) < 4.78 is 19.4.